The first-order valence-corrected chi connectivity index (χ1v) is 7.97. The summed E-state index contributed by atoms with van der Waals surface area (Å²) in [5.74, 6) is -0.593. The molecule has 0 amide bonds. The van der Waals surface area contributed by atoms with Crippen LogP contribution < -0.4 is 0 Å². The second kappa shape index (κ2) is 8.33. The Labute approximate surface area is 150 Å². The van der Waals surface area contributed by atoms with Gasteiger partial charge in [-0.1, -0.05) is 71.9 Å². The van der Waals surface area contributed by atoms with Crippen molar-refractivity contribution in [1.29, 1.82) is 0 Å². The van der Waals surface area contributed by atoms with Gasteiger partial charge in [0.05, 0.1) is 11.1 Å². The van der Waals surface area contributed by atoms with Gasteiger partial charge in [0.2, 0.25) is 0 Å². The lowest BCUT2D eigenvalue weighted by molar-refractivity contribution is -0.000720. The van der Waals surface area contributed by atoms with E-state index in [1.165, 1.54) is 0 Å². The van der Waals surface area contributed by atoms with Gasteiger partial charge in [0.1, 0.15) is 0 Å². The summed E-state index contributed by atoms with van der Waals surface area (Å²) in [7, 11) is 0. The fraction of sp³-hybridized carbons (Fsp3) is 0. The van der Waals surface area contributed by atoms with Crippen molar-refractivity contribution in [2.24, 2.45) is 5.16 Å². The van der Waals surface area contributed by atoms with E-state index >= 15 is 0 Å². The minimum Gasteiger partial charge on any atom is -0.361 e. The molecule has 0 fully saturated rings. The fourth-order valence-electron chi connectivity index (χ4n) is 2.38. The zero-order chi connectivity index (χ0) is 18.2. The van der Waals surface area contributed by atoms with Crippen LogP contribution in [0.3, 0.4) is 0 Å². The van der Waals surface area contributed by atoms with Crippen molar-refractivity contribution in [2.45, 2.75) is 0 Å². The van der Waals surface area contributed by atoms with E-state index in [1.807, 2.05) is 36.4 Å². The van der Waals surface area contributed by atoms with Crippen LogP contribution in [0.25, 0.3) is 5.53 Å². The molecule has 0 saturated heterocycles. The second-order valence-corrected chi connectivity index (χ2v) is 5.37. The Balaban J connectivity index is 1.99. The normalized spacial score (nSPS) is 10.7. The molecule has 3 aromatic carbocycles. The van der Waals surface area contributed by atoms with Gasteiger partial charge < -0.3 is 10.4 Å². The molecule has 0 radical (unpaired) electrons. The molecular weight excluding hydrogens is 326 g/mol. The zero-order valence-electron chi connectivity index (χ0n) is 13.8. The highest BCUT2D eigenvalue weighted by Crippen LogP contribution is 2.10. The van der Waals surface area contributed by atoms with E-state index < -0.39 is 5.97 Å². The molecule has 3 aromatic rings. The molecule has 0 aromatic heterocycles. The first-order valence-electron chi connectivity index (χ1n) is 7.97. The largest absolute Gasteiger partial charge is 0.365 e. The topological polar surface area (TPSA) is 75.1 Å². The van der Waals surface area contributed by atoms with Gasteiger partial charge >= 0.3 is 11.7 Å². The average molecular weight is 341 g/mol. The van der Waals surface area contributed by atoms with Crippen LogP contribution in [0.15, 0.2) is 96.2 Å². The summed E-state index contributed by atoms with van der Waals surface area (Å²) in [4.78, 5) is 20.7. The Morgan fingerprint density at radius 3 is 1.69 bits per heavy atom. The molecule has 126 valence electrons. The number of carbonyl (C=O) groups is 1. The van der Waals surface area contributed by atoms with E-state index in [4.69, 9.17) is 4.84 Å². The Morgan fingerprint density at radius 2 is 1.19 bits per heavy atom. The van der Waals surface area contributed by atoms with E-state index in [-0.39, 0.29) is 11.4 Å². The van der Waals surface area contributed by atoms with Crippen molar-refractivity contribution < 1.29 is 14.4 Å². The fourth-order valence-corrected chi connectivity index (χ4v) is 2.38. The summed E-state index contributed by atoms with van der Waals surface area (Å²) >= 11 is 0. The number of oxime groups is 1. The third-order valence-corrected chi connectivity index (χ3v) is 3.65. The molecule has 0 saturated carbocycles. The molecule has 0 heterocycles. The average Bonchev–Trinajstić information content (AvgIpc) is 2.73. The van der Waals surface area contributed by atoms with Gasteiger partial charge in [-0.2, -0.15) is 4.79 Å². The monoisotopic (exact) mass is 341 g/mol. The van der Waals surface area contributed by atoms with Gasteiger partial charge in [-0.25, -0.2) is 4.79 Å². The van der Waals surface area contributed by atoms with E-state index in [0.29, 0.717) is 16.7 Å². The maximum atomic E-state index is 12.2. The molecule has 3 rings (SSSR count). The van der Waals surface area contributed by atoms with Crippen molar-refractivity contribution in [1.82, 2.24) is 0 Å². The van der Waals surface area contributed by atoms with Crippen LogP contribution in [-0.4, -0.2) is 22.2 Å². The Kier molecular flexibility index (Phi) is 5.45. The lowest BCUT2D eigenvalue weighted by Crippen LogP contribution is -2.19. The Hall–Kier alpha value is -3.82. The van der Waals surface area contributed by atoms with Crippen LogP contribution in [0.1, 0.15) is 21.5 Å². The maximum absolute atomic E-state index is 12.2. The zero-order valence-corrected chi connectivity index (χ0v) is 13.8. The molecule has 5 nitrogen and oxygen atoms in total. The molecule has 0 aliphatic carbocycles. The number of hydrogen-bond acceptors (Lipinski definition) is 3. The summed E-state index contributed by atoms with van der Waals surface area (Å²) in [5, 5.41) is 3.99. The van der Waals surface area contributed by atoms with Gasteiger partial charge in [-0.3, -0.25) is 0 Å². The summed E-state index contributed by atoms with van der Waals surface area (Å²) in [6.07, 6.45) is 0. The van der Waals surface area contributed by atoms with E-state index in [0.717, 1.165) is 0 Å². The molecular formula is C21H15N3O2. The van der Waals surface area contributed by atoms with Gasteiger partial charge in [-0.05, 0) is 24.3 Å². The van der Waals surface area contributed by atoms with Crippen LogP contribution in [0.2, 0.25) is 0 Å². The van der Waals surface area contributed by atoms with Crippen LogP contribution in [0, 0.1) is 0 Å². The second-order valence-electron chi connectivity index (χ2n) is 5.37. The van der Waals surface area contributed by atoms with Gasteiger partial charge in [0, 0.05) is 5.56 Å². The standard InChI is InChI=1S/C21H15N3O2/c22-23-19(16-10-4-1-5-11-16)20(17-12-6-2-7-13-17)24-26-21(25)18-14-8-3-9-15-18/h1-15H. The summed E-state index contributed by atoms with van der Waals surface area (Å²) < 4.78 is 0. The van der Waals surface area contributed by atoms with Gasteiger partial charge in [-0.15, -0.1) is 0 Å². The van der Waals surface area contributed by atoms with E-state index in [2.05, 4.69) is 9.95 Å². The third kappa shape index (κ3) is 3.98. The van der Waals surface area contributed by atoms with Gasteiger partial charge in [0.25, 0.3) is 0 Å². The summed E-state index contributed by atoms with van der Waals surface area (Å²) in [5.41, 5.74) is 11.7. The van der Waals surface area contributed by atoms with Crippen molar-refractivity contribution in [3.8, 4) is 0 Å². The molecule has 0 aliphatic rings. The summed E-state index contributed by atoms with van der Waals surface area (Å²) in [6.45, 7) is 0. The number of nitrogens with zero attached hydrogens (tertiary/aromatic N) is 3. The minimum atomic E-state index is -0.593. The van der Waals surface area contributed by atoms with Crippen LogP contribution in [0.5, 0.6) is 0 Å². The van der Waals surface area contributed by atoms with Crippen molar-refractivity contribution in [3.05, 3.63) is 113 Å². The predicted molar refractivity (Wildman–Crippen MR) is 99.0 cm³/mol. The molecule has 0 aliphatic heterocycles. The SMILES string of the molecule is [N-]=[N+]=C(C(=NOC(=O)c1ccccc1)c1ccccc1)c1ccccc1. The first kappa shape index (κ1) is 17.0. The summed E-state index contributed by atoms with van der Waals surface area (Å²) in [6, 6.07) is 26.7. The van der Waals surface area contributed by atoms with Crippen LogP contribution in [0.4, 0.5) is 0 Å². The lowest BCUT2D eigenvalue weighted by atomic mass is 10.0. The molecule has 0 spiro atoms. The quantitative estimate of drug-likeness (QED) is 0.231. The lowest BCUT2D eigenvalue weighted by Gasteiger charge is -2.03. The number of hydrogen-bond donors (Lipinski definition) is 0. The molecule has 0 unspecified atom stereocenters. The Bertz CT molecular complexity index is 962. The molecule has 0 atom stereocenters. The highest BCUT2D eigenvalue weighted by atomic mass is 16.7. The van der Waals surface area contributed by atoms with Crippen molar-refractivity contribution in [2.75, 3.05) is 0 Å². The smallest absolute Gasteiger partial charge is 0.361 e. The van der Waals surface area contributed by atoms with Crippen molar-refractivity contribution in [3.63, 3.8) is 0 Å². The molecule has 5 heteroatoms. The highest BCUT2D eigenvalue weighted by molar-refractivity contribution is 6.51. The highest BCUT2D eigenvalue weighted by Gasteiger charge is 2.23. The van der Waals surface area contributed by atoms with E-state index in [9.17, 15) is 10.3 Å². The van der Waals surface area contributed by atoms with E-state index in [1.54, 1.807) is 54.6 Å². The molecule has 26 heavy (non-hydrogen) atoms. The van der Waals surface area contributed by atoms with Crippen molar-refractivity contribution >= 4 is 17.4 Å². The van der Waals surface area contributed by atoms with Crippen LogP contribution in [-0.2, 0) is 4.84 Å². The maximum Gasteiger partial charge on any atom is 0.365 e. The molecule has 0 N–H and O–H groups in total. The number of benzene rings is 3. The third-order valence-electron chi connectivity index (χ3n) is 3.65. The Morgan fingerprint density at radius 1 is 0.731 bits per heavy atom. The first-order chi connectivity index (χ1) is 12.8. The predicted octanol–water partition coefficient (Wildman–Crippen LogP) is 3.97. The van der Waals surface area contributed by atoms with Gasteiger partial charge in [0.15, 0.2) is 5.71 Å². The molecule has 0 bridgehead atoms. The number of rotatable bonds is 5. The minimum absolute atomic E-state index is 0.206. The van der Waals surface area contributed by atoms with Crippen LogP contribution >= 0.6 is 0 Å². The number of carbonyl (C=O) groups excluding carboxylic acids is 1.